The number of hydrogen-bond donors (Lipinski definition) is 2. The molecule has 0 bridgehead atoms. The fraction of sp³-hybridized carbons (Fsp3) is 0.250. The van der Waals surface area contributed by atoms with Crippen molar-refractivity contribution in [1.29, 1.82) is 5.41 Å². The zero-order chi connectivity index (χ0) is 21.4. The third kappa shape index (κ3) is 3.89. The molecule has 3 aromatic rings. The molecule has 4 rings (SSSR count). The van der Waals surface area contributed by atoms with Crippen LogP contribution in [-0.2, 0) is 9.31 Å². The van der Waals surface area contributed by atoms with Gasteiger partial charge in [0.2, 0.25) is 0 Å². The summed E-state index contributed by atoms with van der Waals surface area (Å²) in [5, 5.41) is 12.1. The van der Waals surface area contributed by atoms with Crippen LogP contribution >= 0.6 is 0 Å². The van der Waals surface area contributed by atoms with Gasteiger partial charge in [0.1, 0.15) is 0 Å². The zero-order valence-electron chi connectivity index (χ0n) is 17.8. The molecule has 5 nitrogen and oxygen atoms in total. The van der Waals surface area contributed by atoms with E-state index in [1.165, 1.54) is 0 Å². The first-order valence-electron chi connectivity index (χ1n) is 10.1. The molecule has 2 N–H and O–H groups in total. The van der Waals surface area contributed by atoms with Crippen molar-refractivity contribution < 1.29 is 9.31 Å². The third-order valence-electron chi connectivity index (χ3n) is 5.86. The van der Waals surface area contributed by atoms with Gasteiger partial charge in [-0.1, -0.05) is 30.3 Å². The van der Waals surface area contributed by atoms with E-state index in [9.17, 15) is 0 Å². The molecule has 0 spiro atoms. The van der Waals surface area contributed by atoms with Crippen molar-refractivity contribution in [2.75, 3.05) is 5.32 Å². The van der Waals surface area contributed by atoms with Gasteiger partial charge >= 0.3 is 7.12 Å². The molecular formula is C24H26BN3O2. The number of pyridine rings is 1. The van der Waals surface area contributed by atoms with Crippen LogP contribution in [0, 0.1) is 5.41 Å². The molecule has 152 valence electrons. The van der Waals surface area contributed by atoms with E-state index >= 15 is 0 Å². The zero-order valence-corrected chi connectivity index (χ0v) is 17.8. The Bertz CT molecular complexity index is 1050. The first kappa shape index (κ1) is 20.3. The van der Waals surface area contributed by atoms with Crippen LogP contribution in [0.1, 0.15) is 38.8 Å². The minimum atomic E-state index is -0.415. The SMILES string of the molecule is CC1(C)OB(c2cccc(Nc3ccccc3C(=N)c3ccncc3)c2)OC1(C)C. The lowest BCUT2D eigenvalue weighted by Gasteiger charge is -2.32. The second kappa shape index (κ2) is 7.71. The molecule has 2 aromatic carbocycles. The summed E-state index contributed by atoms with van der Waals surface area (Å²) < 4.78 is 12.4. The molecule has 30 heavy (non-hydrogen) atoms. The molecule has 1 fully saturated rings. The standard InChI is InChI=1S/C24H26BN3O2/c1-23(2)24(3,4)30-25(29-23)18-8-7-9-19(16-18)28-21-11-6-5-10-20(21)22(26)17-12-14-27-15-13-17/h5-16,26,28H,1-4H3. The van der Waals surface area contributed by atoms with Gasteiger partial charge < -0.3 is 14.6 Å². The quantitative estimate of drug-likeness (QED) is 0.488. The molecule has 0 aliphatic carbocycles. The summed E-state index contributed by atoms with van der Waals surface area (Å²) >= 11 is 0. The Hall–Kier alpha value is -2.96. The molecule has 6 heteroatoms. The van der Waals surface area contributed by atoms with Crippen molar-refractivity contribution in [3.05, 3.63) is 84.2 Å². The largest absolute Gasteiger partial charge is 0.494 e. The van der Waals surface area contributed by atoms with Crippen LogP contribution in [0.25, 0.3) is 0 Å². The Labute approximate surface area is 178 Å². The van der Waals surface area contributed by atoms with Crippen molar-refractivity contribution in [1.82, 2.24) is 4.98 Å². The molecule has 1 aliphatic heterocycles. The Morgan fingerprint density at radius 3 is 2.27 bits per heavy atom. The molecule has 1 saturated heterocycles. The summed E-state index contributed by atoms with van der Waals surface area (Å²) in [5.41, 5.74) is 4.07. The van der Waals surface area contributed by atoms with Gasteiger partial charge in [0.25, 0.3) is 0 Å². The highest BCUT2D eigenvalue weighted by molar-refractivity contribution is 6.62. The topological polar surface area (TPSA) is 67.2 Å². The third-order valence-corrected chi connectivity index (χ3v) is 5.86. The van der Waals surface area contributed by atoms with E-state index in [4.69, 9.17) is 14.7 Å². The molecule has 1 aliphatic rings. The lowest BCUT2D eigenvalue weighted by atomic mass is 9.79. The van der Waals surface area contributed by atoms with Gasteiger partial charge in [-0.2, -0.15) is 0 Å². The number of anilines is 2. The summed E-state index contributed by atoms with van der Waals surface area (Å²) in [6.45, 7) is 8.21. The van der Waals surface area contributed by atoms with Gasteiger partial charge in [-0.05, 0) is 63.5 Å². The number of nitrogens with zero attached hydrogens (tertiary/aromatic N) is 1. The molecular weight excluding hydrogens is 373 g/mol. The molecule has 0 radical (unpaired) electrons. The molecule has 0 atom stereocenters. The summed E-state index contributed by atoms with van der Waals surface area (Å²) in [4.78, 5) is 4.04. The number of aromatic nitrogens is 1. The van der Waals surface area contributed by atoms with Crippen molar-refractivity contribution in [2.45, 2.75) is 38.9 Å². The number of rotatable bonds is 5. The van der Waals surface area contributed by atoms with Crippen LogP contribution in [0.4, 0.5) is 11.4 Å². The van der Waals surface area contributed by atoms with E-state index in [1.54, 1.807) is 12.4 Å². The number of benzene rings is 2. The Kier molecular flexibility index (Phi) is 5.22. The van der Waals surface area contributed by atoms with E-state index in [0.29, 0.717) is 5.71 Å². The summed E-state index contributed by atoms with van der Waals surface area (Å²) in [5.74, 6) is 0. The second-order valence-electron chi connectivity index (χ2n) is 8.50. The first-order valence-corrected chi connectivity index (χ1v) is 10.1. The monoisotopic (exact) mass is 399 g/mol. The van der Waals surface area contributed by atoms with Gasteiger partial charge in [0.15, 0.2) is 0 Å². The number of para-hydroxylation sites is 1. The average Bonchev–Trinajstić information content (AvgIpc) is 2.96. The Morgan fingerprint density at radius 1 is 0.900 bits per heavy atom. The molecule has 0 unspecified atom stereocenters. The van der Waals surface area contributed by atoms with Crippen molar-refractivity contribution >= 4 is 29.7 Å². The van der Waals surface area contributed by atoms with Gasteiger partial charge in [0.05, 0.1) is 16.9 Å². The molecule has 0 amide bonds. The van der Waals surface area contributed by atoms with Crippen molar-refractivity contribution in [2.24, 2.45) is 0 Å². The second-order valence-corrected chi connectivity index (χ2v) is 8.50. The maximum absolute atomic E-state index is 8.64. The average molecular weight is 399 g/mol. The predicted molar refractivity (Wildman–Crippen MR) is 122 cm³/mol. The lowest BCUT2D eigenvalue weighted by molar-refractivity contribution is 0.00578. The summed E-state index contributed by atoms with van der Waals surface area (Å²) in [7, 11) is -0.415. The van der Waals surface area contributed by atoms with Crippen LogP contribution in [-0.4, -0.2) is 29.0 Å². The van der Waals surface area contributed by atoms with Crippen LogP contribution in [0.5, 0.6) is 0 Å². The van der Waals surface area contributed by atoms with E-state index < -0.39 is 7.12 Å². The Balaban J connectivity index is 1.60. The number of hydrogen-bond acceptors (Lipinski definition) is 5. The highest BCUT2D eigenvalue weighted by Crippen LogP contribution is 2.36. The van der Waals surface area contributed by atoms with E-state index in [0.717, 1.165) is 28.0 Å². The number of nitrogens with one attached hydrogen (secondary N) is 2. The van der Waals surface area contributed by atoms with Crippen LogP contribution in [0.15, 0.2) is 73.1 Å². The van der Waals surface area contributed by atoms with Crippen LogP contribution in [0.2, 0.25) is 0 Å². The predicted octanol–water partition coefficient (Wildman–Crippen LogP) is 4.54. The maximum Gasteiger partial charge on any atom is 0.494 e. The van der Waals surface area contributed by atoms with Gasteiger partial charge in [-0.25, -0.2) is 0 Å². The normalized spacial score (nSPS) is 17.0. The smallest absolute Gasteiger partial charge is 0.399 e. The molecule has 2 heterocycles. The van der Waals surface area contributed by atoms with Crippen molar-refractivity contribution in [3.8, 4) is 0 Å². The maximum atomic E-state index is 8.64. The van der Waals surface area contributed by atoms with Crippen LogP contribution in [0.3, 0.4) is 0 Å². The fourth-order valence-corrected chi connectivity index (χ4v) is 3.38. The van der Waals surface area contributed by atoms with Gasteiger partial charge in [0, 0.05) is 34.9 Å². The minimum absolute atomic E-state index is 0.382. The highest BCUT2D eigenvalue weighted by Gasteiger charge is 2.51. The van der Waals surface area contributed by atoms with Gasteiger partial charge in [-0.15, -0.1) is 0 Å². The molecule has 0 saturated carbocycles. The van der Waals surface area contributed by atoms with E-state index in [2.05, 4.69) is 38.0 Å². The lowest BCUT2D eigenvalue weighted by Crippen LogP contribution is -2.41. The fourth-order valence-electron chi connectivity index (χ4n) is 3.38. The molecule has 1 aromatic heterocycles. The van der Waals surface area contributed by atoms with Crippen molar-refractivity contribution in [3.63, 3.8) is 0 Å². The van der Waals surface area contributed by atoms with Crippen LogP contribution < -0.4 is 10.8 Å². The summed E-state index contributed by atoms with van der Waals surface area (Å²) in [6.07, 6.45) is 3.40. The van der Waals surface area contributed by atoms with E-state index in [-0.39, 0.29) is 11.2 Å². The van der Waals surface area contributed by atoms with E-state index in [1.807, 2.05) is 60.7 Å². The minimum Gasteiger partial charge on any atom is -0.399 e. The highest BCUT2D eigenvalue weighted by atomic mass is 16.7. The Morgan fingerprint density at radius 2 is 1.57 bits per heavy atom. The first-order chi connectivity index (χ1) is 14.3. The summed E-state index contributed by atoms with van der Waals surface area (Å²) in [6, 6.07) is 19.6. The van der Waals surface area contributed by atoms with Gasteiger partial charge in [-0.3, -0.25) is 10.4 Å².